The van der Waals surface area contributed by atoms with Crippen LogP contribution in [0.2, 0.25) is 0 Å². The van der Waals surface area contributed by atoms with Gasteiger partial charge >= 0.3 is 5.69 Å². The van der Waals surface area contributed by atoms with Crippen LogP contribution in [0.1, 0.15) is 53.4 Å². The first-order chi connectivity index (χ1) is 13.2. The summed E-state index contributed by atoms with van der Waals surface area (Å²) in [4.78, 5) is 43.9. The molecule has 1 saturated heterocycles. The van der Waals surface area contributed by atoms with Crippen molar-refractivity contribution in [3.8, 4) is 0 Å². The van der Waals surface area contributed by atoms with Gasteiger partial charge in [-0.3, -0.25) is 24.0 Å². The predicted molar refractivity (Wildman–Crippen MR) is 113 cm³/mol. The highest BCUT2D eigenvalue weighted by atomic mass is 16.2. The van der Waals surface area contributed by atoms with Crippen LogP contribution in [-0.4, -0.2) is 46.5 Å². The maximum atomic E-state index is 13.1. The fourth-order valence-electron chi connectivity index (χ4n) is 3.77. The van der Waals surface area contributed by atoms with Crippen LogP contribution in [-0.2, 0) is 11.3 Å². The number of carbonyl (C=O) groups is 1. The molecule has 0 unspecified atom stereocenters. The van der Waals surface area contributed by atoms with E-state index in [2.05, 4.69) is 16.8 Å². The van der Waals surface area contributed by atoms with E-state index in [9.17, 15) is 14.4 Å². The van der Waals surface area contributed by atoms with Crippen LogP contribution in [0.15, 0.2) is 9.59 Å². The van der Waals surface area contributed by atoms with E-state index in [-0.39, 0.29) is 29.9 Å². The largest absolute Gasteiger partial charge is 0.383 e. The molecule has 1 aromatic rings. The Morgan fingerprint density at radius 2 is 2.07 bits per heavy atom. The lowest BCUT2D eigenvalue weighted by molar-refractivity contribution is -0.120. The number of aromatic nitrogens is 2. The molecule has 1 amide bonds. The average Bonchev–Trinajstić information content (AvgIpc) is 2.61. The Morgan fingerprint density at radius 1 is 1.36 bits per heavy atom. The van der Waals surface area contributed by atoms with Gasteiger partial charge in [0, 0.05) is 19.6 Å². The second-order valence-corrected chi connectivity index (χ2v) is 8.38. The molecule has 0 saturated carbocycles. The molecule has 8 heteroatoms. The fraction of sp³-hybridized carbons (Fsp3) is 0.750. The Balaban J connectivity index is 2.37. The normalized spacial score (nSPS) is 17.8. The number of rotatable bonds is 8. The van der Waals surface area contributed by atoms with Gasteiger partial charge in [0.25, 0.3) is 5.56 Å². The minimum Gasteiger partial charge on any atom is -0.383 e. The van der Waals surface area contributed by atoms with Gasteiger partial charge in [-0.1, -0.05) is 34.1 Å². The van der Waals surface area contributed by atoms with E-state index in [1.807, 2.05) is 20.8 Å². The molecule has 0 aromatic carbocycles. The molecule has 1 aliphatic heterocycles. The SMILES string of the molecule is CCCCN(C(=O)CN1CCC[C@@H](C)C1)c1c(N)n(CC(C)C)c(=O)[nH]c1=O. The van der Waals surface area contributed by atoms with E-state index >= 15 is 0 Å². The molecule has 0 bridgehead atoms. The predicted octanol–water partition coefficient (Wildman–Crippen LogP) is 1.64. The molecule has 1 fully saturated rings. The summed E-state index contributed by atoms with van der Waals surface area (Å²) in [6, 6.07) is 0. The maximum Gasteiger partial charge on any atom is 0.330 e. The fourth-order valence-corrected chi connectivity index (χ4v) is 3.77. The summed E-state index contributed by atoms with van der Waals surface area (Å²) >= 11 is 0. The van der Waals surface area contributed by atoms with Crippen molar-refractivity contribution in [2.24, 2.45) is 11.8 Å². The summed E-state index contributed by atoms with van der Waals surface area (Å²) in [5.41, 5.74) is 5.20. The average molecular weight is 394 g/mol. The highest BCUT2D eigenvalue weighted by Crippen LogP contribution is 2.20. The first-order valence-corrected chi connectivity index (χ1v) is 10.4. The van der Waals surface area contributed by atoms with Crippen LogP contribution >= 0.6 is 0 Å². The highest BCUT2D eigenvalue weighted by molar-refractivity contribution is 5.96. The molecule has 0 radical (unpaired) electrons. The van der Waals surface area contributed by atoms with Crippen molar-refractivity contribution in [2.75, 3.05) is 36.8 Å². The summed E-state index contributed by atoms with van der Waals surface area (Å²) in [6.45, 7) is 11.0. The van der Waals surface area contributed by atoms with Crippen LogP contribution in [0.3, 0.4) is 0 Å². The molecule has 2 heterocycles. The third-order valence-corrected chi connectivity index (χ3v) is 5.17. The van der Waals surface area contributed by atoms with Crippen molar-refractivity contribution < 1.29 is 4.79 Å². The Bertz CT molecular complexity index is 783. The van der Waals surface area contributed by atoms with E-state index < -0.39 is 11.2 Å². The van der Waals surface area contributed by atoms with Crippen LogP contribution in [0.5, 0.6) is 0 Å². The second-order valence-electron chi connectivity index (χ2n) is 8.38. The van der Waals surface area contributed by atoms with E-state index in [0.29, 0.717) is 19.0 Å². The lowest BCUT2D eigenvalue weighted by Crippen LogP contribution is -2.47. The quantitative estimate of drug-likeness (QED) is 0.699. The van der Waals surface area contributed by atoms with Gasteiger partial charge in [-0.05, 0) is 37.6 Å². The van der Waals surface area contributed by atoms with Crippen LogP contribution in [0, 0.1) is 11.8 Å². The van der Waals surface area contributed by atoms with Crippen molar-refractivity contribution in [1.29, 1.82) is 0 Å². The molecule has 2 rings (SSSR count). The molecule has 3 N–H and O–H groups in total. The monoisotopic (exact) mass is 393 g/mol. The molecule has 8 nitrogen and oxygen atoms in total. The first-order valence-electron chi connectivity index (χ1n) is 10.4. The number of unbranched alkanes of at least 4 members (excludes halogenated alkanes) is 1. The van der Waals surface area contributed by atoms with Gasteiger partial charge < -0.3 is 10.6 Å². The van der Waals surface area contributed by atoms with Gasteiger partial charge in [0.15, 0.2) is 5.69 Å². The zero-order valence-corrected chi connectivity index (χ0v) is 17.7. The van der Waals surface area contributed by atoms with Crippen molar-refractivity contribution in [3.05, 3.63) is 20.8 Å². The number of nitrogens with two attached hydrogens (primary N) is 1. The lowest BCUT2D eigenvalue weighted by atomic mass is 10.0. The number of aromatic amines is 1. The number of hydrogen-bond acceptors (Lipinski definition) is 5. The Hall–Kier alpha value is -2.09. The number of hydrogen-bond donors (Lipinski definition) is 2. The number of likely N-dealkylation sites (tertiary alicyclic amines) is 1. The Morgan fingerprint density at radius 3 is 2.68 bits per heavy atom. The van der Waals surface area contributed by atoms with E-state index in [4.69, 9.17) is 5.73 Å². The molecule has 1 aliphatic rings. The zero-order chi connectivity index (χ0) is 20.8. The summed E-state index contributed by atoms with van der Waals surface area (Å²) in [5, 5.41) is 0. The van der Waals surface area contributed by atoms with Crippen molar-refractivity contribution >= 4 is 17.4 Å². The van der Waals surface area contributed by atoms with Gasteiger partial charge in [-0.2, -0.15) is 0 Å². The molecule has 1 atom stereocenters. The van der Waals surface area contributed by atoms with Gasteiger partial charge in [0.1, 0.15) is 5.82 Å². The van der Waals surface area contributed by atoms with E-state index in [1.165, 1.54) is 15.9 Å². The number of nitrogens with one attached hydrogen (secondary N) is 1. The molecule has 28 heavy (non-hydrogen) atoms. The number of carbonyl (C=O) groups excluding carboxylic acids is 1. The Kier molecular flexibility index (Phi) is 7.86. The number of nitrogen functional groups attached to an aromatic ring is 1. The minimum atomic E-state index is -0.598. The Labute approximate surface area is 166 Å². The van der Waals surface area contributed by atoms with Gasteiger partial charge in [0.2, 0.25) is 5.91 Å². The molecule has 0 spiro atoms. The van der Waals surface area contributed by atoms with Gasteiger partial charge in [-0.25, -0.2) is 4.79 Å². The number of H-pyrrole nitrogens is 1. The van der Waals surface area contributed by atoms with Crippen LogP contribution < -0.4 is 21.9 Å². The van der Waals surface area contributed by atoms with Crippen molar-refractivity contribution in [2.45, 2.75) is 59.9 Å². The lowest BCUT2D eigenvalue weighted by Gasteiger charge is -2.32. The number of amides is 1. The molecular formula is C20H35N5O3. The highest BCUT2D eigenvalue weighted by Gasteiger charge is 2.27. The molecule has 158 valence electrons. The first kappa shape index (κ1) is 22.2. The maximum absolute atomic E-state index is 13.1. The summed E-state index contributed by atoms with van der Waals surface area (Å²) in [5.74, 6) is 0.661. The smallest absolute Gasteiger partial charge is 0.330 e. The van der Waals surface area contributed by atoms with Crippen LogP contribution in [0.4, 0.5) is 11.5 Å². The number of nitrogens with zero attached hydrogens (tertiary/aromatic N) is 3. The third-order valence-electron chi connectivity index (χ3n) is 5.17. The molecular weight excluding hydrogens is 358 g/mol. The third kappa shape index (κ3) is 5.47. The summed E-state index contributed by atoms with van der Waals surface area (Å²) in [7, 11) is 0. The zero-order valence-electron chi connectivity index (χ0n) is 17.7. The minimum absolute atomic E-state index is 0.0684. The van der Waals surface area contributed by atoms with Crippen molar-refractivity contribution in [1.82, 2.24) is 14.5 Å². The van der Waals surface area contributed by atoms with E-state index in [0.717, 1.165) is 32.4 Å². The van der Waals surface area contributed by atoms with Gasteiger partial charge in [-0.15, -0.1) is 0 Å². The van der Waals surface area contributed by atoms with E-state index in [1.54, 1.807) is 0 Å². The topological polar surface area (TPSA) is 104 Å². The number of anilines is 2. The number of piperidine rings is 1. The summed E-state index contributed by atoms with van der Waals surface area (Å²) in [6.07, 6.45) is 3.89. The van der Waals surface area contributed by atoms with Gasteiger partial charge in [0.05, 0.1) is 6.54 Å². The van der Waals surface area contributed by atoms with Crippen LogP contribution in [0.25, 0.3) is 0 Å². The molecule has 0 aliphatic carbocycles. The second kappa shape index (κ2) is 9.91. The standard InChI is InChI=1S/C20H35N5O3/c1-5-6-10-24(16(26)13-23-9-7-8-15(4)12-23)17-18(21)25(11-14(2)3)20(28)22-19(17)27/h14-15H,5-13,21H2,1-4H3,(H,22,27,28)/t15-/m1/s1. The summed E-state index contributed by atoms with van der Waals surface area (Å²) < 4.78 is 1.36. The van der Waals surface area contributed by atoms with Crippen molar-refractivity contribution in [3.63, 3.8) is 0 Å². The molecule has 1 aromatic heterocycles.